The number of rotatable bonds is 3. The van der Waals surface area contributed by atoms with E-state index < -0.39 is 0 Å². The molecule has 1 unspecified atom stereocenters. The lowest BCUT2D eigenvalue weighted by Gasteiger charge is -2.09. The van der Waals surface area contributed by atoms with Crippen molar-refractivity contribution in [1.82, 2.24) is 5.32 Å². The molecule has 1 fully saturated rings. The zero-order valence-electron chi connectivity index (χ0n) is 8.80. The molecule has 4 heteroatoms. The average Bonchev–Trinajstić information content (AvgIpc) is 2.68. The molecule has 86 valence electrons. The Balaban J connectivity index is 2.05. The molecule has 1 heterocycles. The van der Waals surface area contributed by atoms with Gasteiger partial charge in [-0.15, -0.1) is 0 Å². The monoisotopic (exact) mass is 285 g/mol. The fourth-order valence-electron chi connectivity index (χ4n) is 2.00. The summed E-state index contributed by atoms with van der Waals surface area (Å²) in [5.74, 6) is -0.161. The third kappa shape index (κ3) is 2.89. The lowest BCUT2D eigenvalue weighted by atomic mass is 10.0. The lowest BCUT2D eigenvalue weighted by Crippen LogP contribution is -2.31. The third-order valence-corrected chi connectivity index (χ3v) is 3.21. The van der Waals surface area contributed by atoms with Crippen molar-refractivity contribution in [2.45, 2.75) is 25.3 Å². The van der Waals surface area contributed by atoms with Gasteiger partial charge in [-0.25, -0.2) is 4.39 Å². The first-order valence-corrected chi connectivity index (χ1v) is 6.15. The van der Waals surface area contributed by atoms with Gasteiger partial charge >= 0.3 is 0 Å². The van der Waals surface area contributed by atoms with Crippen molar-refractivity contribution < 1.29 is 9.18 Å². The highest BCUT2D eigenvalue weighted by molar-refractivity contribution is 9.10. The topological polar surface area (TPSA) is 29.1 Å². The number of hydrogen-bond donors (Lipinski definition) is 1. The molecule has 0 saturated carbocycles. The van der Waals surface area contributed by atoms with E-state index in [1.165, 1.54) is 12.1 Å². The molecular formula is C12H13BrFNO. The van der Waals surface area contributed by atoms with E-state index in [2.05, 4.69) is 21.2 Å². The largest absolute Gasteiger partial charge is 0.307 e. The van der Waals surface area contributed by atoms with E-state index in [0.717, 1.165) is 24.9 Å². The molecule has 1 aromatic carbocycles. The van der Waals surface area contributed by atoms with Gasteiger partial charge in [0, 0.05) is 10.9 Å². The molecule has 1 saturated heterocycles. The van der Waals surface area contributed by atoms with E-state index in [9.17, 15) is 9.18 Å². The lowest BCUT2D eigenvalue weighted by molar-refractivity contribution is -0.120. The van der Waals surface area contributed by atoms with Crippen LogP contribution in [0, 0.1) is 5.82 Å². The van der Waals surface area contributed by atoms with Crippen molar-refractivity contribution in [1.29, 1.82) is 0 Å². The summed E-state index contributed by atoms with van der Waals surface area (Å²) >= 11 is 3.22. The second kappa shape index (κ2) is 5.06. The quantitative estimate of drug-likeness (QED) is 0.924. The van der Waals surface area contributed by atoms with Crippen LogP contribution in [0.5, 0.6) is 0 Å². The molecule has 2 nitrogen and oxygen atoms in total. The van der Waals surface area contributed by atoms with Gasteiger partial charge in [-0.05, 0) is 43.1 Å². The molecule has 1 atom stereocenters. The first kappa shape index (κ1) is 11.7. The molecular weight excluding hydrogens is 273 g/mol. The van der Waals surface area contributed by atoms with E-state index in [-0.39, 0.29) is 17.6 Å². The van der Waals surface area contributed by atoms with Crippen LogP contribution in [0.3, 0.4) is 0 Å². The maximum Gasteiger partial charge on any atom is 0.154 e. The highest BCUT2D eigenvalue weighted by Gasteiger charge is 2.21. The Morgan fingerprint density at radius 3 is 2.94 bits per heavy atom. The van der Waals surface area contributed by atoms with E-state index in [0.29, 0.717) is 10.9 Å². The first-order valence-electron chi connectivity index (χ1n) is 5.36. The molecule has 0 radical (unpaired) electrons. The molecule has 0 bridgehead atoms. The highest BCUT2D eigenvalue weighted by atomic mass is 79.9. The van der Waals surface area contributed by atoms with Gasteiger partial charge in [0.2, 0.25) is 0 Å². The van der Waals surface area contributed by atoms with Crippen LogP contribution in [0.4, 0.5) is 4.39 Å². The van der Waals surface area contributed by atoms with Crippen LogP contribution in [0.25, 0.3) is 0 Å². The summed E-state index contributed by atoms with van der Waals surface area (Å²) in [4.78, 5) is 11.8. The summed E-state index contributed by atoms with van der Waals surface area (Å²) in [5.41, 5.74) is 0.727. The Morgan fingerprint density at radius 2 is 2.31 bits per heavy atom. The summed E-state index contributed by atoms with van der Waals surface area (Å²) in [6, 6.07) is 4.55. The molecule has 1 aromatic rings. The second-order valence-electron chi connectivity index (χ2n) is 4.07. The smallest absolute Gasteiger partial charge is 0.154 e. The van der Waals surface area contributed by atoms with Crippen LogP contribution in [-0.4, -0.2) is 18.4 Å². The third-order valence-electron chi connectivity index (χ3n) is 2.75. The van der Waals surface area contributed by atoms with Crippen LogP contribution in [0.15, 0.2) is 22.7 Å². The van der Waals surface area contributed by atoms with Crippen molar-refractivity contribution in [2.24, 2.45) is 0 Å². The van der Waals surface area contributed by atoms with Gasteiger partial charge in [0.05, 0.1) is 6.04 Å². The summed E-state index contributed by atoms with van der Waals surface area (Å²) in [6.07, 6.45) is 2.24. The van der Waals surface area contributed by atoms with Gasteiger partial charge in [-0.2, -0.15) is 0 Å². The minimum absolute atomic E-state index is 0.0398. The van der Waals surface area contributed by atoms with Crippen LogP contribution >= 0.6 is 15.9 Å². The van der Waals surface area contributed by atoms with Crippen molar-refractivity contribution >= 4 is 21.7 Å². The fraction of sp³-hybridized carbons (Fsp3) is 0.417. The fourth-order valence-corrected chi connectivity index (χ4v) is 2.51. The Labute approximate surface area is 102 Å². The van der Waals surface area contributed by atoms with E-state index >= 15 is 0 Å². The number of nitrogens with one attached hydrogen (secondary N) is 1. The molecule has 0 amide bonds. The first-order chi connectivity index (χ1) is 7.65. The van der Waals surface area contributed by atoms with Crippen LogP contribution in [-0.2, 0) is 11.2 Å². The number of carbonyl (C=O) groups excluding carboxylic acids is 1. The predicted molar refractivity (Wildman–Crippen MR) is 63.8 cm³/mol. The summed E-state index contributed by atoms with van der Waals surface area (Å²) in [5, 5.41) is 3.15. The van der Waals surface area contributed by atoms with Crippen molar-refractivity contribution in [3.05, 3.63) is 34.1 Å². The normalized spacial score (nSPS) is 20.0. The second-order valence-corrected chi connectivity index (χ2v) is 4.99. The number of halogens is 2. The SMILES string of the molecule is O=C(Cc1cc(F)cc(Br)c1)C1CCCN1. The minimum Gasteiger partial charge on any atom is -0.307 e. The highest BCUT2D eigenvalue weighted by Crippen LogP contribution is 2.17. The predicted octanol–water partition coefficient (Wildman–Crippen LogP) is 2.45. The molecule has 1 N–H and O–H groups in total. The maximum atomic E-state index is 13.1. The standard InChI is InChI=1S/C12H13BrFNO/c13-9-4-8(5-10(14)7-9)6-12(16)11-2-1-3-15-11/h4-5,7,11,15H,1-3,6H2. The molecule has 16 heavy (non-hydrogen) atoms. The van der Waals surface area contributed by atoms with Crippen LogP contribution in [0.1, 0.15) is 18.4 Å². The molecule has 1 aliphatic heterocycles. The summed E-state index contributed by atoms with van der Waals surface area (Å²) < 4.78 is 13.8. The van der Waals surface area contributed by atoms with Crippen LogP contribution < -0.4 is 5.32 Å². The van der Waals surface area contributed by atoms with Gasteiger partial charge < -0.3 is 5.32 Å². The Hall–Kier alpha value is -0.740. The van der Waals surface area contributed by atoms with Gasteiger partial charge in [0.25, 0.3) is 0 Å². The van der Waals surface area contributed by atoms with Gasteiger partial charge in [-0.3, -0.25) is 4.79 Å². The Kier molecular flexibility index (Phi) is 3.71. The average molecular weight is 286 g/mol. The van der Waals surface area contributed by atoms with Crippen LogP contribution in [0.2, 0.25) is 0 Å². The number of hydrogen-bond acceptors (Lipinski definition) is 2. The maximum absolute atomic E-state index is 13.1. The summed E-state index contributed by atoms with van der Waals surface area (Å²) in [6.45, 7) is 0.906. The summed E-state index contributed by atoms with van der Waals surface area (Å²) in [7, 11) is 0. The number of benzene rings is 1. The van der Waals surface area contributed by atoms with Gasteiger partial charge in [0.1, 0.15) is 5.82 Å². The molecule has 2 rings (SSSR count). The number of carbonyl (C=O) groups is 1. The Morgan fingerprint density at radius 1 is 1.50 bits per heavy atom. The van der Waals surface area contributed by atoms with E-state index in [4.69, 9.17) is 0 Å². The number of ketones is 1. The molecule has 0 spiro atoms. The van der Waals surface area contributed by atoms with Crippen molar-refractivity contribution in [3.8, 4) is 0 Å². The van der Waals surface area contributed by atoms with E-state index in [1.807, 2.05) is 0 Å². The minimum atomic E-state index is -0.309. The van der Waals surface area contributed by atoms with E-state index in [1.54, 1.807) is 6.07 Å². The van der Waals surface area contributed by atoms with Gasteiger partial charge in [0.15, 0.2) is 5.78 Å². The van der Waals surface area contributed by atoms with Crippen molar-refractivity contribution in [3.63, 3.8) is 0 Å². The van der Waals surface area contributed by atoms with Crippen molar-refractivity contribution in [2.75, 3.05) is 6.54 Å². The van der Waals surface area contributed by atoms with Gasteiger partial charge in [-0.1, -0.05) is 15.9 Å². The number of Topliss-reactive ketones (excluding diaryl/α,β-unsaturated/α-hetero) is 1. The molecule has 0 aromatic heterocycles. The molecule has 1 aliphatic rings. The zero-order valence-corrected chi connectivity index (χ0v) is 10.4. The molecule has 0 aliphatic carbocycles. The Bertz CT molecular complexity index is 382. The zero-order chi connectivity index (χ0) is 11.5.